The summed E-state index contributed by atoms with van der Waals surface area (Å²) in [4.78, 5) is 11.0. The summed E-state index contributed by atoms with van der Waals surface area (Å²) in [7, 11) is 0. The predicted molar refractivity (Wildman–Crippen MR) is 54.7 cm³/mol. The summed E-state index contributed by atoms with van der Waals surface area (Å²) in [6.45, 7) is 0. The predicted octanol–water partition coefficient (Wildman–Crippen LogP) is 2.14. The lowest BCUT2D eigenvalue weighted by Gasteiger charge is -2.06. The van der Waals surface area contributed by atoms with Crippen molar-refractivity contribution in [3.63, 3.8) is 0 Å². The Labute approximate surface area is 94.3 Å². The monoisotopic (exact) mass is 240 g/mol. The van der Waals surface area contributed by atoms with Crippen LogP contribution in [0.1, 0.15) is 5.69 Å². The van der Waals surface area contributed by atoms with Crippen LogP contribution in [0.5, 0.6) is 0 Å². The molecule has 0 aliphatic heterocycles. The molecule has 0 atom stereocenters. The first-order valence-electron chi connectivity index (χ1n) is 4.58. The molecule has 0 saturated carbocycles. The summed E-state index contributed by atoms with van der Waals surface area (Å²) in [6, 6.07) is 2.17. The lowest BCUT2D eigenvalue weighted by atomic mass is 10.2. The second-order valence-corrected chi connectivity index (χ2v) is 3.26. The number of nitrogen functional groups attached to an aromatic ring is 1. The number of nitrogens with two attached hydrogens (primary N) is 1. The van der Waals surface area contributed by atoms with Gasteiger partial charge in [0.2, 0.25) is 0 Å². The third-order valence-corrected chi connectivity index (χ3v) is 2.00. The van der Waals surface area contributed by atoms with Gasteiger partial charge in [-0.2, -0.15) is 13.2 Å². The van der Waals surface area contributed by atoms with Gasteiger partial charge in [0.05, 0.1) is 18.1 Å². The van der Waals surface area contributed by atoms with Gasteiger partial charge in [0.1, 0.15) is 11.5 Å². The average Bonchev–Trinajstić information content (AvgIpc) is 2.28. The van der Waals surface area contributed by atoms with Crippen LogP contribution < -0.4 is 5.73 Å². The number of hydrogen-bond acceptors (Lipinski definition) is 4. The quantitative estimate of drug-likeness (QED) is 0.829. The van der Waals surface area contributed by atoms with Crippen LogP contribution in [0.15, 0.2) is 30.7 Å². The lowest BCUT2D eigenvalue weighted by Crippen LogP contribution is -2.07. The number of hydrogen-bond donors (Lipinski definition) is 1. The molecule has 4 nitrogen and oxygen atoms in total. The van der Waals surface area contributed by atoms with Crippen molar-refractivity contribution >= 4 is 5.82 Å². The maximum absolute atomic E-state index is 12.3. The van der Waals surface area contributed by atoms with E-state index < -0.39 is 11.9 Å². The summed E-state index contributed by atoms with van der Waals surface area (Å²) in [5.41, 5.74) is 5.28. The highest BCUT2D eigenvalue weighted by Crippen LogP contribution is 2.28. The molecule has 0 aliphatic rings. The van der Waals surface area contributed by atoms with Crippen molar-refractivity contribution in [3.05, 3.63) is 36.4 Å². The van der Waals surface area contributed by atoms with Crippen molar-refractivity contribution in [1.82, 2.24) is 15.0 Å². The fraction of sp³-hybridized carbons (Fsp3) is 0.100. The minimum Gasteiger partial charge on any atom is -0.382 e. The van der Waals surface area contributed by atoms with Gasteiger partial charge in [0, 0.05) is 11.8 Å². The van der Waals surface area contributed by atoms with Gasteiger partial charge in [-0.3, -0.25) is 9.97 Å². The number of aromatic nitrogens is 3. The summed E-state index contributed by atoms with van der Waals surface area (Å²) >= 11 is 0. The number of halogens is 3. The van der Waals surface area contributed by atoms with E-state index in [1.165, 1.54) is 18.5 Å². The largest absolute Gasteiger partial charge is 0.433 e. The van der Waals surface area contributed by atoms with Crippen molar-refractivity contribution in [2.75, 3.05) is 5.73 Å². The zero-order valence-corrected chi connectivity index (χ0v) is 8.44. The highest BCUT2D eigenvalue weighted by molar-refractivity contribution is 5.58. The number of rotatable bonds is 1. The van der Waals surface area contributed by atoms with Crippen molar-refractivity contribution < 1.29 is 13.2 Å². The van der Waals surface area contributed by atoms with Gasteiger partial charge in [0.15, 0.2) is 0 Å². The first-order chi connectivity index (χ1) is 7.97. The fourth-order valence-corrected chi connectivity index (χ4v) is 1.23. The molecule has 0 spiro atoms. The Morgan fingerprint density at radius 2 is 1.82 bits per heavy atom. The molecule has 2 aromatic rings. The van der Waals surface area contributed by atoms with Gasteiger partial charge in [-0.25, -0.2) is 4.98 Å². The van der Waals surface area contributed by atoms with Gasteiger partial charge in [-0.15, -0.1) is 0 Å². The Morgan fingerprint density at radius 3 is 2.35 bits per heavy atom. The topological polar surface area (TPSA) is 64.7 Å². The van der Waals surface area contributed by atoms with E-state index in [1.54, 1.807) is 0 Å². The Kier molecular flexibility index (Phi) is 2.66. The SMILES string of the molecule is Nc1cncc(-c2ccc(C(F)(F)F)nc2)n1. The zero-order valence-electron chi connectivity index (χ0n) is 8.44. The molecule has 2 N–H and O–H groups in total. The summed E-state index contributed by atoms with van der Waals surface area (Å²) in [5, 5.41) is 0. The van der Waals surface area contributed by atoms with Gasteiger partial charge in [-0.1, -0.05) is 0 Å². The highest BCUT2D eigenvalue weighted by atomic mass is 19.4. The standard InChI is InChI=1S/C10H7F3N4/c11-10(12,13)8-2-1-6(3-16-8)7-4-15-5-9(14)17-7/h1-5H,(H2,14,17). The normalized spacial score (nSPS) is 11.5. The maximum atomic E-state index is 12.3. The molecule has 0 saturated heterocycles. The number of alkyl halides is 3. The molecule has 0 radical (unpaired) electrons. The highest BCUT2D eigenvalue weighted by Gasteiger charge is 2.32. The zero-order chi connectivity index (χ0) is 12.5. The smallest absolute Gasteiger partial charge is 0.382 e. The minimum atomic E-state index is -4.44. The Balaban J connectivity index is 2.36. The van der Waals surface area contributed by atoms with Crippen molar-refractivity contribution in [1.29, 1.82) is 0 Å². The molecular formula is C10H7F3N4. The Morgan fingerprint density at radius 1 is 1.06 bits per heavy atom. The first-order valence-corrected chi connectivity index (χ1v) is 4.58. The average molecular weight is 240 g/mol. The molecule has 0 aromatic carbocycles. The number of pyridine rings is 1. The lowest BCUT2D eigenvalue weighted by molar-refractivity contribution is -0.141. The molecule has 0 aliphatic carbocycles. The van der Waals surface area contributed by atoms with Gasteiger partial charge < -0.3 is 5.73 Å². The van der Waals surface area contributed by atoms with E-state index >= 15 is 0 Å². The van der Waals surface area contributed by atoms with Crippen LogP contribution in [0.3, 0.4) is 0 Å². The van der Waals surface area contributed by atoms with Crippen LogP contribution in [0.25, 0.3) is 11.3 Å². The third-order valence-electron chi connectivity index (χ3n) is 2.00. The van der Waals surface area contributed by atoms with E-state index in [-0.39, 0.29) is 5.82 Å². The molecule has 2 aromatic heterocycles. The molecule has 2 heterocycles. The van der Waals surface area contributed by atoms with E-state index in [4.69, 9.17) is 5.73 Å². The van der Waals surface area contributed by atoms with Gasteiger partial charge >= 0.3 is 6.18 Å². The molecule has 0 unspecified atom stereocenters. The van der Waals surface area contributed by atoms with E-state index in [9.17, 15) is 13.2 Å². The molecule has 2 rings (SSSR count). The molecule has 0 fully saturated rings. The molecular weight excluding hydrogens is 233 g/mol. The van der Waals surface area contributed by atoms with E-state index in [2.05, 4.69) is 15.0 Å². The number of anilines is 1. The molecule has 88 valence electrons. The first kappa shape index (κ1) is 11.3. The summed E-state index contributed by atoms with van der Waals surface area (Å²) in [5.74, 6) is 0.197. The third kappa shape index (κ3) is 2.49. The van der Waals surface area contributed by atoms with Crippen LogP contribution in [0.4, 0.5) is 19.0 Å². The van der Waals surface area contributed by atoms with Crippen molar-refractivity contribution in [2.24, 2.45) is 0 Å². The van der Waals surface area contributed by atoms with Crippen LogP contribution in [-0.4, -0.2) is 15.0 Å². The van der Waals surface area contributed by atoms with Crippen LogP contribution in [0.2, 0.25) is 0 Å². The fourth-order valence-electron chi connectivity index (χ4n) is 1.23. The van der Waals surface area contributed by atoms with Crippen LogP contribution in [0, 0.1) is 0 Å². The van der Waals surface area contributed by atoms with Crippen LogP contribution >= 0.6 is 0 Å². The Bertz CT molecular complexity index is 522. The number of nitrogens with zero attached hydrogens (tertiary/aromatic N) is 3. The molecule has 0 bridgehead atoms. The van der Waals surface area contributed by atoms with Crippen molar-refractivity contribution in [3.8, 4) is 11.3 Å². The molecule has 17 heavy (non-hydrogen) atoms. The minimum absolute atomic E-state index is 0.197. The van der Waals surface area contributed by atoms with Crippen LogP contribution in [-0.2, 0) is 6.18 Å². The summed E-state index contributed by atoms with van der Waals surface area (Å²) in [6.07, 6.45) is -0.603. The van der Waals surface area contributed by atoms with Crippen molar-refractivity contribution in [2.45, 2.75) is 6.18 Å². The van der Waals surface area contributed by atoms with Gasteiger partial charge in [0.25, 0.3) is 0 Å². The second-order valence-electron chi connectivity index (χ2n) is 3.26. The van der Waals surface area contributed by atoms with E-state index in [0.717, 1.165) is 12.3 Å². The second kappa shape index (κ2) is 4.00. The maximum Gasteiger partial charge on any atom is 0.433 e. The van der Waals surface area contributed by atoms with Gasteiger partial charge in [-0.05, 0) is 12.1 Å². The van der Waals surface area contributed by atoms with E-state index in [1.807, 2.05) is 0 Å². The van der Waals surface area contributed by atoms with E-state index in [0.29, 0.717) is 11.3 Å². The molecule has 0 amide bonds. The Hall–Kier alpha value is -2.18. The molecule has 7 heteroatoms. The summed E-state index contributed by atoms with van der Waals surface area (Å²) < 4.78 is 36.8.